The molecule has 6 nitrogen and oxygen atoms in total. The van der Waals surface area contributed by atoms with Crippen molar-refractivity contribution < 1.29 is 22.7 Å². The maximum atomic E-state index is 12.1. The number of hydrogen-bond acceptors (Lipinski definition) is 4. The number of amides is 1. The van der Waals surface area contributed by atoms with Crippen LogP contribution in [0.25, 0.3) is 0 Å². The van der Waals surface area contributed by atoms with Crippen LogP contribution in [0.4, 0.5) is 13.2 Å². The maximum absolute atomic E-state index is 12.1. The fourth-order valence-electron chi connectivity index (χ4n) is 2.21. The molecule has 0 spiro atoms. The molecule has 1 aliphatic rings. The van der Waals surface area contributed by atoms with Gasteiger partial charge in [0.15, 0.2) is 11.6 Å². The first kappa shape index (κ1) is 17.2. The first-order valence-electron chi connectivity index (χ1n) is 7.79. The summed E-state index contributed by atoms with van der Waals surface area (Å²) in [6.07, 6.45) is -2.21. The number of rotatable bonds is 6. The zero-order chi connectivity index (χ0) is 18.0. The molecule has 1 aromatic heterocycles. The van der Waals surface area contributed by atoms with Gasteiger partial charge in [0.05, 0.1) is 0 Å². The Bertz CT molecular complexity index is 752. The van der Waals surface area contributed by atoms with Crippen molar-refractivity contribution >= 4 is 5.91 Å². The van der Waals surface area contributed by atoms with E-state index in [0.29, 0.717) is 17.5 Å². The SMILES string of the molecule is Cn1nc(C2CC2)nc1COc1ccc(C(=O)NCC(F)(F)F)cc1. The van der Waals surface area contributed by atoms with Crippen LogP contribution < -0.4 is 10.1 Å². The van der Waals surface area contributed by atoms with E-state index in [4.69, 9.17) is 4.74 Å². The summed E-state index contributed by atoms with van der Waals surface area (Å²) < 4.78 is 43.6. The molecule has 134 valence electrons. The quantitative estimate of drug-likeness (QED) is 0.866. The first-order chi connectivity index (χ1) is 11.8. The van der Waals surface area contributed by atoms with Crippen LogP contribution in [0.15, 0.2) is 24.3 Å². The lowest BCUT2D eigenvalue weighted by Gasteiger charge is -2.09. The van der Waals surface area contributed by atoms with Gasteiger partial charge in [-0.05, 0) is 37.1 Å². The number of nitrogens with one attached hydrogen (secondary N) is 1. The summed E-state index contributed by atoms with van der Waals surface area (Å²) in [6, 6.07) is 5.88. The fourth-order valence-corrected chi connectivity index (χ4v) is 2.21. The summed E-state index contributed by atoms with van der Waals surface area (Å²) in [5.74, 6) is 1.68. The zero-order valence-corrected chi connectivity index (χ0v) is 13.5. The lowest BCUT2D eigenvalue weighted by molar-refractivity contribution is -0.123. The Hall–Kier alpha value is -2.58. The summed E-state index contributed by atoms with van der Waals surface area (Å²) in [5.41, 5.74) is 0.131. The van der Waals surface area contributed by atoms with Gasteiger partial charge in [-0.25, -0.2) is 9.67 Å². The predicted molar refractivity (Wildman–Crippen MR) is 82.1 cm³/mol. The van der Waals surface area contributed by atoms with Gasteiger partial charge < -0.3 is 10.1 Å². The molecule has 1 saturated carbocycles. The molecule has 1 fully saturated rings. The molecule has 0 saturated heterocycles. The number of aryl methyl sites for hydroxylation is 1. The Morgan fingerprint density at radius 2 is 2.00 bits per heavy atom. The second kappa shape index (κ2) is 6.73. The number of hydrogen-bond donors (Lipinski definition) is 1. The van der Waals surface area contributed by atoms with Crippen molar-refractivity contribution in [2.45, 2.75) is 31.5 Å². The van der Waals surface area contributed by atoms with Gasteiger partial charge in [-0.3, -0.25) is 4.79 Å². The highest BCUT2D eigenvalue weighted by Gasteiger charge is 2.29. The van der Waals surface area contributed by atoms with Crippen molar-refractivity contribution in [3.63, 3.8) is 0 Å². The molecule has 1 N–H and O–H groups in total. The van der Waals surface area contributed by atoms with Gasteiger partial charge in [-0.15, -0.1) is 0 Å². The zero-order valence-electron chi connectivity index (χ0n) is 13.5. The predicted octanol–water partition coefficient (Wildman–Crippen LogP) is 2.56. The molecule has 1 aliphatic carbocycles. The monoisotopic (exact) mass is 354 g/mol. The van der Waals surface area contributed by atoms with E-state index in [1.54, 1.807) is 11.7 Å². The third-order valence-corrected chi connectivity index (χ3v) is 3.75. The van der Waals surface area contributed by atoms with Crippen molar-refractivity contribution in [3.8, 4) is 5.75 Å². The van der Waals surface area contributed by atoms with Gasteiger partial charge in [0.2, 0.25) is 0 Å². The largest absolute Gasteiger partial charge is 0.486 e. The van der Waals surface area contributed by atoms with Crippen molar-refractivity contribution in [1.29, 1.82) is 0 Å². The van der Waals surface area contributed by atoms with Gasteiger partial charge in [0.25, 0.3) is 5.91 Å². The number of carbonyl (C=O) groups excluding carboxylic acids is 1. The molecular formula is C16H17F3N4O2. The lowest BCUT2D eigenvalue weighted by atomic mass is 10.2. The summed E-state index contributed by atoms with van der Waals surface area (Å²) in [4.78, 5) is 16.1. The average molecular weight is 354 g/mol. The number of aromatic nitrogens is 3. The van der Waals surface area contributed by atoms with E-state index in [9.17, 15) is 18.0 Å². The minimum absolute atomic E-state index is 0.131. The van der Waals surface area contributed by atoms with Crippen LogP contribution in [0.5, 0.6) is 5.75 Å². The van der Waals surface area contributed by atoms with Gasteiger partial charge in [0, 0.05) is 18.5 Å². The Kier molecular flexibility index (Phi) is 4.65. The van der Waals surface area contributed by atoms with Crippen molar-refractivity contribution in [2.75, 3.05) is 6.54 Å². The second-order valence-corrected chi connectivity index (χ2v) is 5.90. The van der Waals surface area contributed by atoms with E-state index >= 15 is 0 Å². The number of ether oxygens (including phenoxy) is 1. The molecule has 1 amide bonds. The number of nitrogens with zero attached hydrogens (tertiary/aromatic N) is 3. The highest BCUT2D eigenvalue weighted by atomic mass is 19.4. The standard InChI is InChI=1S/C16H17F3N4O2/c1-23-13(21-14(22-23)10-2-3-10)8-25-12-6-4-11(5-7-12)15(24)20-9-16(17,18)19/h4-7,10H,2-3,8-9H2,1H3,(H,20,24). The summed E-state index contributed by atoms with van der Waals surface area (Å²) in [5, 5.41) is 6.16. The topological polar surface area (TPSA) is 69.0 Å². The second-order valence-electron chi connectivity index (χ2n) is 5.90. The van der Waals surface area contributed by atoms with E-state index in [1.165, 1.54) is 24.3 Å². The van der Waals surface area contributed by atoms with Crippen molar-refractivity contribution in [2.24, 2.45) is 7.05 Å². The third-order valence-electron chi connectivity index (χ3n) is 3.75. The number of halogens is 3. The van der Waals surface area contributed by atoms with Crippen LogP contribution in [-0.4, -0.2) is 33.4 Å². The molecule has 3 rings (SSSR count). The third kappa shape index (κ3) is 4.71. The Labute approximate surface area is 142 Å². The molecule has 9 heteroatoms. The molecular weight excluding hydrogens is 337 g/mol. The normalized spacial score (nSPS) is 14.4. The van der Waals surface area contributed by atoms with Crippen LogP contribution in [-0.2, 0) is 13.7 Å². The lowest BCUT2D eigenvalue weighted by Crippen LogP contribution is -2.33. The first-order valence-corrected chi connectivity index (χ1v) is 7.79. The number of benzene rings is 1. The van der Waals surface area contributed by atoms with E-state index in [1.807, 2.05) is 5.32 Å². The fraction of sp³-hybridized carbons (Fsp3) is 0.438. The van der Waals surface area contributed by atoms with E-state index in [2.05, 4.69) is 10.1 Å². The summed E-state index contributed by atoms with van der Waals surface area (Å²) >= 11 is 0. The van der Waals surface area contributed by atoms with Gasteiger partial charge in [-0.2, -0.15) is 18.3 Å². The molecule has 2 aromatic rings. The highest BCUT2D eigenvalue weighted by Crippen LogP contribution is 2.38. The van der Waals surface area contributed by atoms with Crippen molar-refractivity contribution in [3.05, 3.63) is 41.5 Å². The molecule has 0 atom stereocenters. The van der Waals surface area contributed by atoms with Crippen LogP contribution in [0, 0.1) is 0 Å². The molecule has 1 aromatic carbocycles. The molecule has 25 heavy (non-hydrogen) atoms. The molecule has 0 radical (unpaired) electrons. The van der Waals surface area contributed by atoms with Crippen LogP contribution in [0.2, 0.25) is 0 Å². The van der Waals surface area contributed by atoms with Crippen LogP contribution in [0.1, 0.15) is 40.8 Å². The molecule has 0 bridgehead atoms. The van der Waals surface area contributed by atoms with E-state index < -0.39 is 18.6 Å². The number of carbonyl (C=O) groups is 1. The number of alkyl halides is 3. The molecule has 1 heterocycles. The van der Waals surface area contributed by atoms with E-state index in [-0.39, 0.29) is 12.2 Å². The summed E-state index contributed by atoms with van der Waals surface area (Å²) in [6.45, 7) is -1.14. The molecule has 0 unspecified atom stereocenters. The summed E-state index contributed by atoms with van der Waals surface area (Å²) in [7, 11) is 1.80. The van der Waals surface area contributed by atoms with Gasteiger partial charge in [-0.1, -0.05) is 0 Å². The van der Waals surface area contributed by atoms with Crippen molar-refractivity contribution in [1.82, 2.24) is 20.1 Å². The Morgan fingerprint density at radius 1 is 1.32 bits per heavy atom. The average Bonchev–Trinajstić information content (AvgIpc) is 3.34. The maximum Gasteiger partial charge on any atom is 0.405 e. The highest BCUT2D eigenvalue weighted by molar-refractivity contribution is 5.94. The minimum atomic E-state index is -4.44. The Balaban J connectivity index is 1.54. The van der Waals surface area contributed by atoms with Gasteiger partial charge in [0.1, 0.15) is 18.9 Å². The minimum Gasteiger partial charge on any atom is -0.486 e. The smallest absolute Gasteiger partial charge is 0.405 e. The molecule has 0 aliphatic heterocycles. The van der Waals surface area contributed by atoms with Crippen LogP contribution >= 0.6 is 0 Å². The van der Waals surface area contributed by atoms with E-state index in [0.717, 1.165) is 18.7 Å². The Morgan fingerprint density at radius 3 is 2.60 bits per heavy atom. The van der Waals surface area contributed by atoms with Crippen LogP contribution in [0.3, 0.4) is 0 Å². The van der Waals surface area contributed by atoms with Gasteiger partial charge >= 0.3 is 6.18 Å².